The number of aromatic nitrogens is 3. The zero-order valence-electron chi connectivity index (χ0n) is 8.35. The van der Waals surface area contributed by atoms with Crippen LogP contribution in [-0.2, 0) is 0 Å². The van der Waals surface area contributed by atoms with E-state index in [4.69, 9.17) is 5.11 Å². The standard InChI is InChI=1S/C9H6N4O4/c14-9(15)6-3-8(12-2-1-10-5-12)11-4-7(6)13(16)17/h1-5H,(H,14,15). The monoisotopic (exact) mass is 234 g/mol. The average molecular weight is 234 g/mol. The van der Waals surface area contributed by atoms with Crippen LogP contribution in [0.1, 0.15) is 10.4 Å². The molecule has 86 valence electrons. The summed E-state index contributed by atoms with van der Waals surface area (Å²) in [5.41, 5.74) is -0.949. The molecule has 0 saturated heterocycles. The van der Waals surface area contributed by atoms with Crippen molar-refractivity contribution in [2.24, 2.45) is 0 Å². The predicted molar refractivity (Wildman–Crippen MR) is 55.0 cm³/mol. The molecule has 0 bridgehead atoms. The number of carbonyl (C=O) groups is 1. The number of nitro groups is 1. The van der Waals surface area contributed by atoms with Gasteiger partial charge in [0.25, 0.3) is 0 Å². The van der Waals surface area contributed by atoms with Gasteiger partial charge in [-0.25, -0.2) is 14.8 Å². The highest BCUT2D eigenvalue weighted by Gasteiger charge is 2.21. The van der Waals surface area contributed by atoms with E-state index in [1.807, 2.05) is 0 Å². The Bertz CT molecular complexity index is 579. The SMILES string of the molecule is O=C(O)c1cc(-n2ccnc2)ncc1[N+](=O)[O-]. The fourth-order valence-corrected chi connectivity index (χ4v) is 1.29. The van der Waals surface area contributed by atoms with Gasteiger partial charge in [-0.3, -0.25) is 14.7 Å². The van der Waals surface area contributed by atoms with Crippen molar-refractivity contribution in [1.29, 1.82) is 0 Å². The fourth-order valence-electron chi connectivity index (χ4n) is 1.29. The molecule has 2 aromatic heterocycles. The number of carboxylic acid groups (broad SMARTS) is 1. The summed E-state index contributed by atoms with van der Waals surface area (Å²) in [5.74, 6) is -1.12. The maximum Gasteiger partial charge on any atom is 0.342 e. The second-order valence-electron chi connectivity index (χ2n) is 3.09. The normalized spacial score (nSPS) is 10.1. The number of aromatic carboxylic acids is 1. The van der Waals surface area contributed by atoms with Crippen LogP contribution in [0.25, 0.3) is 5.82 Å². The van der Waals surface area contributed by atoms with Crippen LogP contribution in [-0.4, -0.2) is 30.5 Å². The summed E-state index contributed by atoms with van der Waals surface area (Å²) in [6, 6.07) is 1.13. The first-order valence-corrected chi connectivity index (χ1v) is 4.45. The summed E-state index contributed by atoms with van der Waals surface area (Å²) < 4.78 is 1.45. The summed E-state index contributed by atoms with van der Waals surface area (Å²) in [5, 5.41) is 19.5. The highest BCUT2D eigenvalue weighted by Crippen LogP contribution is 2.19. The van der Waals surface area contributed by atoms with Gasteiger partial charge in [0, 0.05) is 18.5 Å². The molecule has 2 heterocycles. The van der Waals surface area contributed by atoms with E-state index < -0.39 is 22.1 Å². The molecule has 8 heteroatoms. The number of hydrogen-bond donors (Lipinski definition) is 1. The van der Waals surface area contributed by atoms with Gasteiger partial charge in [0.15, 0.2) is 0 Å². The average Bonchev–Trinajstić information content (AvgIpc) is 2.81. The smallest absolute Gasteiger partial charge is 0.342 e. The van der Waals surface area contributed by atoms with E-state index in [0.717, 1.165) is 12.3 Å². The van der Waals surface area contributed by atoms with Crippen LogP contribution in [0.4, 0.5) is 5.69 Å². The van der Waals surface area contributed by atoms with Crippen LogP contribution in [0.3, 0.4) is 0 Å². The second kappa shape index (κ2) is 4.00. The van der Waals surface area contributed by atoms with Crippen LogP contribution in [0, 0.1) is 10.1 Å². The van der Waals surface area contributed by atoms with Crippen LogP contribution >= 0.6 is 0 Å². The zero-order valence-corrected chi connectivity index (χ0v) is 8.35. The van der Waals surface area contributed by atoms with E-state index in [9.17, 15) is 14.9 Å². The molecule has 17 heavy (non-hydrogen) atoms. The van der Waals surface area contributed by atoms with Gasteiger partial charge < -0.3 is 5.11 Å². The van der Waals surface area contributed by atoms with Gasteiger partial charge in [0.05, 0.1) is 4.92 Å². The fraction of sp³-hybridized carbons (Fsp3) is 0. The number of imidazole rings is 1. The molecule has 0 aliphatic carbocycles. The Morgan fingerprint density at radius 3 is 2.82 bits per heavy atom. The van der Waals surface area contributed by atoms with Crippen molar-refractivity contribution in [2.45, 2.75) is 0 Å². The lowest BCUT2D eigenvalue weighted by Crippen LogP contribution is -2.06. The van der Waals surface area contributed by atoms with Crippen molar-refractivity contribution in [3.8, 4) is 5.82 Å². The quantitative estimate of drug-likeness (QED) is 0.623. The molecule has 0 aliphatic heterocycles. The largest absolute Gasteiger partial charge is 0.477 e. The van der Waals surface area contributed by atoms with Gasteiger partial charge in [-0.1, -0.05) is 0 Å². The van der Waals surface area contributed by atoms with Gasteiger partial charge >= 0.3 is 11.7 Å². The maximum atomic E-state index is 10.9. The molecule has 1 N–H and O–H groups in total. The lowest BCUT2D eigenvalue weighted by Gasteiger charge is -2.02. The molecular weight excluding hydrogens is 228 g/mol. The molecule has 0 atom stereocenters. The molecule has 0 aliphatic rings. The van der Waals surface area contributed by atoms with E-state index >= 15 is 0 Å². The molecule has 0 spiro atoms. The van der Waals surface area contributed by atoms with Gasteiger partial charge in [0.1, 0.15) is 23.9 Å². The Hall–Kier alpha value is -2.77. The van der Waals surface area contributed by atoms with Crippen molar-refractivity contribution in [1.82, 2.24) is 14.5 Å². The van der Waals surface area contributed by atoms with Crippen LogP contribution in [0.5, 0.6) is 0 Å². The second-order valence-corrected chi connectivity index (χ2v) is 3.09. The lowest BCUT2D eigenvalue weighted by molar-refractivity contribution is -0.385. The number of carboxylic acids is 1. The van der Waals surface area contributed by atoms with Crippen molar-refractivity contribution in [2.75, 3.05) is 0 Å². The van der Waals surface area contributed by atoms with Gasteiger partial charge in [-0.15, -0.1) is 0 Å². The summed E-state index contributed by atoms with van der Waals surface area (Å²) >= 11 is 0. The zero-order chi connectivity index (χ0) is 12.4. The first kappa shape index (κ1) is 10.7. The van der Waals surface area contributed by atoms with Crippen molar-refractivity contribution >= 4 is 11.7 Å². The van der Waals surface area contributed by atoms with Crippen LogP contribution < -0.4 is 0 Å². The van der Waals surface area contributed by atoms with Crippen LogP contribution in [0.2, 0.25) is 0 Å². The van der Waals surface area contributed by atoms with E-state index in [1.165, 1.54) is 17.1 Å². The molecule has 0 aromatic carbocycles. The third-order valence-corrected chi connectivity index (χ3v) is 2.06. The molecular formula is C9H6N4O4. The van der Waals surface area contributed by atoms with E-state index in [1.54, 1.807) is 6.20 Å². The Labute approximate surface area is 94.3 Å². The molecule has 0 saturated carbocycles. The Morgan fingerprint density at radius 2 is 2.29 bits per heavy atom. The maximum absolute atomic E-state index is 10.9. The molecule has 8 nitrogen and oxygen atoms in total. The number of hydrogen-bond acceptors (Lipinski definition) is 5. The minimum absolute atomic E-state index is 0.255. The highest BCUT2D eigenvalue weighted by atomic mass is 16.6. The van der Waals surface area contributed by atoms with E-state index in [0.29, 0.717) is 0 Å². The first-order chi connectivity index (χ1) is 8.09. The molecule has 2 rings (SSSR count). The van der Waals surface area contributed by atoms with E-state index in [2.05, 4.69) is 9.97 Å². The highest BCUT2D eigenvalue weighted by molar-refractivity contribution is 5.92. The number of nitrogens with zero attached hydrogens (tertiary/aromatic N) is 4. The Balaban J connectivity index is 2.57. The van der Waals surface area contributed by atoms with Crippen molar-refractivity contribution < 1.29 is 14.8 Å². The number of pyridine rings is 1. The molecule has 0 unspecified atom stereocenters. The summed E-state index contributed by atoms with van der Waals surface area (Å²) in [6.07, 6.45) is 5.38. The number of rotatable bonds is 3. The lowest BCUT2D eigenvalue weighted by atomic mass is 10.2. The van der Waals surface area contributed by atoms with E-state index in [-0.39, 0.29) is 5.82 Å². The van der Waals surface area contributed by atoms with Crippen molar-refractivity contribution in [3.05, 3.63) is 46.7 Å². The van der Waals surface area contributed by atoms with Gasteiger partial charge in [0.2, 0.25) is 0 Å². The summed E-state index contributed by atoms with van der Waals surface area (Å²) in [4.78, 5) is 28.3. The summed E-state index contributed by atoms with van der Waals surface area (Å²) in [6.45, 7) is 0. The molecule has 0 radical (unpaired) electrons. The van der Waals surface area contributed by atoms with Gasteiger partial charge in [-0.05, 0) is 0 Å². The Morgan fingerprint density at radius 1 is 1.53 bits per heavy atom. The van der Waals surface area contributed by atoms with Crippen LogP contribution in [0.15, 0.2) is 31.0 Å². The van der Waals surface area contributed by atoms with Gasteiger partial charge in [-0.2, -0.15) is 0 Å². The van der Waals surface area contributed by atoms with Crippen molar-refractivity contribution in [3.63, 3.8) is 0 Å². The minimum atomic E-state index is -1.37. The predicted octanol–water partition coefficient (Wildman–Crippen LogP) is 0.874. The molecule has 2 aromatic rings. The minimum Gasteiger partial charge on any atom is -0.477 e. The topological polar surface area (TPSA) is 111 Å². The third kappa shape index (κ3) is 1.95. The Kier molecular flexibility index (Phi) is 2.53. The summed E-state index contributed by atoms with van der Waals surface area (Å²) in [7, 11) is 0. The first-order valence-electron chi connectivity index (χ1n) is 4.45. The third-order valence-electron chi connectivity index (χ3n) is 2.06. The molecule has 0 amide bonds. The molecule has 0 fully saturated rings.